The Morgan fingerprint density at radius 3 is 2.67 bits per heavy atom. The van der Waals surface area contributed by atoms with Gasteiger partial charge in [0.1, 0.15) is 0 Å². The number of hydrogen-bond acceptors (Lipinski definition) is 5. The van der Waals surface area contributed by atoms with Crippen molar-refractivity contribution in [1.29, 1.82) is 0 Å². The van der Waals surface area contributed by atoms with E-state index in [0.29, 0.717) is 13.0 Å². The maximum atomic E-state index is 11.6. The number of fused-ring (bicyclic) bond motifs is 1. The van der Waals surface area contributed by atoms with Gasteiger partial charge in [-0.25, -0.2) is 9.31 Å². The van der Waals surface area contributed by atoms with E-state index >= 15 is 0 Å². The minimum Gasteiger partial charge on any atom is -0.478 e. The van der Waals surface area contributed by atoms with Crippen LogP contribution in [0.1, 0.15) is 60.4 Å². The van der Waals surface area contributed by atoms with Crippen molar-refractivity contribution in [3.8, 4) is 11.1 Å². The van der Waals surface area contributed by atoms with Gasteiger partial charge in [-0.15, -0.1) is 0 Å². The topological polar surface area (TPSA) is 93.8 Å². The molecule has 3 aromatic rings. The highest BCUT2D eigenvalue weighted by Crippen LogP contribution is 2.32. The summed E-state index contributed by atoms with van der Waals surface area (Å²) in [6.45, 7) is 6.24. The van der Waals surface area contributed by atoms with Gasteiger partial charge in [0.05, 0.1) is 23.4 Å². The Morgan fingerprint density at radius 1 is 1.17 bits per heavy atom. The summed E-state index contributed by atoms with van der Waals surface area (Å²) in [5, 5.41) is 14.2. The van der Waals surface area contributed by atoms with Crippen LogP contribution in [-0.2, 0) is 22.4 Å². The van der Waals surface area contributed by atoms with Crippen LogP contribution in [0.15, 0.2) is 30.6 Å². The number of hydrogen-bond donors (Lipinski definition) is 1. The molecule has 0 aliphatic heterocycles. The summed E-state index contributed by atoms with van der Waals surface area (Å²) in [5.41, 5.74) is 5.82. The lowest BCUT2D eigenvalue weighted by molar-refractivity contribution is -0.143. The molecule has 0 amide bonds. The third kappa shape index (κ3) is 4.50. The molecule has 3 heterocycles. The van der Waals surface area contributed by atoms with E-state index in [1.54, 1.807) is 19.2 Å². The quantitative estimate of drug-likeness (QED) is 0.420. The number of nitrogens with zero attached hydrogens (tertiary/aromatic N) is 3. The molecule has 3 rings (SSSR count). The van der Waals surface area contributed by atoms with E-state index in [1.807, 2.05) is 23.6 Å². The maximum Gasteiger partial charge on any atom is 0.337 e. The number of aryl methyl sites for hydroxylation is 2. The van der Waals surface area contributed by atoms with Crippen molar-refractivity contribution >= 4 is 17.5 Å². The van der Waals surface area contributed by atoms with Crippen molar-refractivity contribution < 1.29 is 19.4 Å². The zero-order valence-corrected chi connectivity index (χ0v) is 17.6. The molecule has 158 valence electrons. The second-order valence-corrected chi connectivity index (χ2v) is 7.19. The third-order valence-corrected chi connectivity index (χ3v) is 5.18. The second-order valence-electron chi connectivity index (χ2n) is 7.19. The number of unbranched alkanes of at least 4 members (excludes halogenated alkanes) is 1. The van der Waals surface area contributed by atoms with E-state index in [9.17, 15) is 14.7 Å². The van der Waals surface area contributed by atoms with Gasteiger partial charge in [-0.3, -0.25) is 9.78 Å². The smallest absolute Gasteiger partial charge is 0.337 e. The molecule has 0 saturated heterocycles. The summed E-state index contributed by atoms with van der Waals surface area (Å²) in [7, 11) is 0. The average molecular weight is 409 g/mol. The fourth-order valence-electron chi connectivity index (χ4n) is 3.72. The van der Waals surface area contributed by atoms with E-state index < -0.39 is 5.97 Å². The molecule has 0 aromatic carbocycles. The van der Waals surface area contributed by atoms with E-state index in [0.717, 1.165) is 59.3 Å². The Kier molecular flexibility index (Phi) is 6.82. The summed E-state index contributed by atoms with van der Waals surface area (Å²) in [6.07, 6.45) is 6.53. The molecule has 0 spiro atoms. The molecule has 0 unspecified atom stereocenters. The van der Waals surface area contributed by atoms with Gasteiger partial charge in [-0.05, 0) is 63.3 Å². The van der Waals surface area contributed by atoms with Crippen LogP contribution in [0.25, 0.3) is 16.6 Å². The van der Waals surface area contributed by atoms with Crippen molar-refractivity contribution in [2.45, 2.75) is 52.9 Å². The van der Waals surface area contributed by atoms with Gasteiger partial charge in [0.25, 0.3) is 0 Å². The number of pyridine rings is 1. The molecule has 1 N–H and O–H groups in total. The lowest BCUT2D eigenvalue weighted by atomic mass is 9.95. The standard InChI is InChI=1S/C23H27N3O4/c1-4-18-10-11-20-22(16-12-17(23(28)29)14-24-13-16)19(15(3)25-26(18)20)8-6-7-9-21(27)30-5-2/h10-14H,4-9H2,1-3H3,(H,28,29). The first-order chi connectivity index (χ1) is 14.5. The van der Waals surface area contributed by atoms with Crippen molar-refractivity contribution in [3.05, 3.63) is 53.1 Å². The molecule has 3 aromatic heterocycles. The van der Waals surface area contributed by atoms with E-state index in [2.05, 4.69) is 11.9 Å². The Labute approximate surface area is 175 Å². The summed E-state index contributed by atoms with van der Waals surface area (Å²) >= 11 is 0. The number of carboxylic acid groups (broad SMARTS) is 1. The average Bonchev–Trinajstić information content (AvgIpc) is 3.13. The van der Waals surface area contributed by atoms with Gasteiger partial charge < -0.3 is 9.84 Å². The first-order valence-electron chi connectivity index (χ1n) is 10.3. The zero-order chi connectivity index (χ0) is 21.7. The SMILES string of the molecule is CCOC(=O)CCCCc1c(C)nn2c(CC)ccc2c1-c1cncc(C(=O)O)c1. The molecule has 0 aliphatic rings. The Bertz CT molecular complexity index is 1070. The third-order valence-electron chi connectivity index (χ3n) is 5.18. The molecule has 7 heteroatoms. The summed E-state index contributed by atoms with van der Waals surface area (Å²) in [4.78, 5) is 27.3. The predicted octanol–water partition coefficient (Wildman–Crippen LogP) is 4.24. The second kappa shape index (κ2) is 9.52. The first kappa shape index (κ1) is 21.5. The van der Waals surface area contributed by atoms with E-state index in [4.69, 9.17) is 9.84 Å². The zero-order valence-electron chi connectivity index (χ0n) is 17.6. The molecule has 0 aliphatic carbocycles. The fraction of sp³-hybridized carbons (Fsp3) is 0.391. The van der Waals surface area contributed by atoms with Gasteiger partial charge in [0.2, 0.25) is 0 Å². The van der Waals surface area contributed by atoms with Crippen LogP contribution in [-0.4, -0.2) is 38.3 Å². The van der Waals surface area contributed by atoms with Gasteiger partial charge >= 0.3 is 11.9 Å². The van der Waals surface area contributed by atoms with Crippen LogP contribution < -0.4 is 0 Å². The molecule has 30 heavy (non-hydrogen) atoms. The van der Waals surface area contributed by atoms with Crippen LogP contribution in [0.3, 0.4) is 0 Å². The number of aromatic nitrogens is 3. The van der Waals surface area contributed by atoms with Crippen LogP contribution in [0.4, 0.5) is 0 Å². The molecule has 0 fully saturated rings. The molecular formula is C23H27N3O4. The Hall–Kier alpha value is -3.22. The maximum absolute atomic E-state index is 11.6. The van der Waals surface area contributed by atoms with Crippen molar-refractivity contribution in [2.75, 3.05) is 6.61 Å². The van der Waals surface area contributed by atoms with Crippen molar-refractivity contribution in [2.24, 2.45) is 0 Å². The number of aromatic carboxylic acids is 1. The predicted molar refractivity (Wildman–Crippen MR) is 114 cm³/mol. The van der Waals surface area contributed by atoms with E-state index in [-0.39, 0.29) is 11.5 Å². The summed E-state index contributed by atoms with van der Waals surface area (Å²) in [6, 6.07) is 5.73. The van der Waals surface area contributed by atoms with Crippen molar-refractivity contribution in [1.82, 2.24) is 14.6 Å². The van der Waals surface area contributed by atoms with Gasteiger partial charge in [0, 0.05) is 35.6 Å². The van der Waals surface area contributed by atoms with Gasteiger partial charge in [-0.1, -0.05) is 6.92 Å². The Balaban J connectivity index is 2.02. The number of carbonyl (C=O) groups is 2. The monoisotopic (exact) mass is 409 g/mol. The van der Waals surface area contributed by atoms with Crippen LogP contribution in [0, 0.1) is 6.92 Å². The summed E-state index contributed by atoms with van der Waals surface area (Å²) in [5.74, 6) is -1.19. The normalized spacial score (nSPS) is 11.0. The van der Waals surface area contributed by atoms with Crippen LogP contribution in [0.5, 0.6) is 0 Å². The van der Waals surface area contributed by atoms with Gasteiger partial charge in [0.15, 0.2) is 0 Å². The lowest BCUT2D eigenvalue weighted by Gasteiger charge is -2.16. The highest BCUT2D eigenvalue weighted by molar-refractivity contribution is 5.91. The highest BCUT2D eigenvalue weighted by Gasteiger charge is 2.18. The summed E-state index contributed by atoms with van der Waals surface area (Å²) < 4.78 is 6.93. The largest absolute Gasteiger partial charge is 0.478 e. The van der Waals surface area contributed by atoms with E-state index in [1.165, 1.54) is 6.20 Å². The number of ether oxygens (including phenoxy) is 1. The minimum atomic E-state index is -1.01. The first-order valence-corrected chi connectivity index (χ1v) is 10.3. The molecule has 7 nitrogen and oxygen atoms in total. The number of carbonyl (C=O) groups excluding carboxylic acids is 1. The van der Waals surface area contributed by atoms with Gasteiger partial charge in [-0.2, -0.15) is 5.10 Å². The molecule has 0 atom stereocenters. The molecule has 0 radical (unpaired) electrons. The lowest BCUT2D eigenvalue weighted by Crippen LogP contribution is -2.07. The number of esters is 1. The molecule has 0 bridgehead atoms. The fourth-order valence-corrected chi connectivity index (χ4v) is 3.72. The number of carboxylic acids is 1. The van der Waals surface area contributed by atoms with Crippen LogP contribution in [0.2, 0.25) is 0 Å². The highest BCUT2D eigenvalue weighted by atomic mass is 16.5. The Morgan fingerprint density at radius 2 is 1.97 bits per heavy atom. The van der Waals surface area contributed by atoms with Crippen molar-refractivity contribution in [3.63, 3.8) is 0 Å². The number of rotatable bonds is 9. The van der Waals surface area contributed by atoms with Crippen LogP contribution >= 0.6 is 0 Å². The molecule has 0 saturated carbocycles. The minimum absolute atomic E-state index is 0.149. The molecular weight excluding hydrogens is 382 g/mol.